The third-order valence-corrected chi connectivity index (χ3v) is 4.89. The monoisotopic (exact) mass is 388 g/mol. The number of rotatable bonds is 4. The van der Waals surface area contributed by atoms with Crippen molar-refractivity contribution in [2.24, 2.45) is 5.92 Å². The molecule has 1 aromatic heterocycles. The molecule has 1 aliphatic rings. The summed E-state index contributed by atoms with van der Waals surface area (Å²) < 4.78 is 5.41. The number of carbonyl (C=O) groups excluding carboxylic acids is 2. The largest absolute Gasteiger partial charge is 0.444 e. The van der Waals surface area contributed by atoms with Crippen LogP contribution in [-0.4, -0.2) is 40.5 Å². The van der Waals surface area contributed by atoms with Crippen LogP contribution in [0.15, 0.2) is 30.3 Å². The van der Waals surface area contributed by atoms with Crippen LogP contribution in [0.25, 0.3) is 10.9 Å². The summed E-state index contributed by atoms with van der Waals surface area (Å²) in [4.78, 5) is 30.8. The third kappa shape index (κ3) is 5.19. The molecule has 0 aliphatic carbocycles. The van der Waals surface area contributed by atoms with Gasteiger partial charge in [-0.1, -0.05) is 17.7 Å². The lowest BCUT2D eigenvalue weighted by Crippen LogP contribution is -2.35. The Morgan fingerprint density at radius 2 is 2.04 bits per heavy atom. The van der Waals surface area contributed by atoms with Crippen LogP contribution in [0.2, 0.25) is 5.02 Å². The molecule has 3 rings (SSSR count). The van der Waals surface area contributed by atoms with E-state index in [1.807, 2.05) is 39.0 Å². The summed E-state index contributed by atoms with van der Waals surface area (Å²) in [6.45, 7) is 6.92. The van der Waals surface area contributed by atoms with Gasteiger partial charge in [0.2, 0.25) is 0 Å². The first kappa shape index (κ1) is 19.6. The van der Waals surface area contributed by atoms with Crippen LogP contribution in [0.1, 0.15) is 50.5 Å². The smallest absolute Gasteiger partial charge is 0.410 e. The topological polar surface area (TPSA) is 59.5 Å². The molecule has 6 heteroatoms. The number of ketones is 1. The zero-order chi connectivity index (χ0) is 19.6. The second-order valence-electron chi connectivity index (χ2n) is 8.08. The summed E-state index contributed by atoms with van der Waals surface area (Å²) in [6, 6.07) is 9.06. The van der Waals surface area contributed by atoms with Crippen LogP contribution in [0.4, 0.5) is 4.79 Å². The number of hydrogen-bond acceptors (Lipinski definition) is 4. The number of carbonyl (C=O) groups is 2. The molecule has 1 aliphatic heterocycles. The Morgan fingerprint density at radius 3 is 2.78 bits per heavy atom. The highest BCUT2D eigenvalue weighted by Gasteiger charge is 2.30. The van der Waals surface area contributed by atoms with Crippen LogP contribution in [-0.2, 0) is 4.74 Å². The van der Waals surface area contributed by atoms with E-state index < -0.39 is 5.60 Å². The molecule has 2 heterocycles. The molecule has 0 bridgehead atoms. The van der Waals surface area contributed by atoms with Crippen molar-refractivity contribution in [1.29, 1.82) is 0 Å². The maximum atomic E-state index is 12.5. The molecule has 144 valence electrons. The molecular formula is C21H25ClN2O3. The minimum atomic E-state index is -0.489. The van der Waals surface area contributed by atoms with Gasteiger partial charge in [0.15, 0.2) is 5.78 Å². The fourth-order valence-corrected chi connectivity index (χ4v) is 3.46. The molecule has 27 heavy (non-hydrogen) atoms. The SMILES string of the molecule is CC(C)(C)OC(=O)N1CCC(CCC(=O)c2ccc3cc(Cl)ccc3n2)C1. The number of pyridine rings is 1. The minimum absolute atomic E-state index is 0.0302. The molecule has 0 radical (unpaired) electrons. The summed E-state index contributed by atoms with van der Waals surface area (Å²) >= 11 is 5.98. The molecule has 1 saturated heterocycles. The first-order valence-corrected chi connectivity index (χ1v) is 9.66. The summed E-state index contributed by atoms with van der Waals surface area (Å²) in [7, 11) is 0. The van der Waals surface area contributed by atoms with Gasteiger partial charge in [0.05, 0.1) is 5.52 Å². The van der Waals surface area contributed by atoms with Gasteiger partial charge >= 0.3 is 6.09 Å². The number of fused-ring (bicyclic) bond motifs is 1. The van der Waals surface area contributed by atoms with Crippen molar-refractivity contribution in [3.63, 3.8) is 0 Å². The van der Waals surface area contributed by atoms with Crippen LogP contribution in [0.5, 0.6) is 0 Å². The van der Waals surface area contributed by atoms with Crippen LogP contribution >= 0.6 is 11.6 Å². The molecule has 1 amide bonds. The summed E-state index contributed by atoms with van der Waals surface area (Å²) in [5.41, 5.74) is 0.756. The third-order valence-electron chi connectivity index (χ3n) is 4.65. The highest BCUT2D eigenvalue weighted by atomic mass is 35.5. The van der Waals surface area contributed by atoms with E-state index in [0.717, 1.165) is 23.7 Å². The normalized spacial score (nSPS) is 17.3. The maximum Gasteiger partial charge on any atom is 0.410 e. The molecule has 2 aromatic rings. The van der Waals surface area contributed by atoms with Crippen molar-refractivity contribution in [2.75, 3.05) is 13.1 Å². The molecule has 5 nitrogen and oxygen atoms in total. The van der Waals surface area contributed by atoms with Gasteiger partial charge in [0.25, 0.3) is 0 Å². The standard InChI is InChI=1S/C21H25ClN2O3/c1-21(2,3)27-20(26)24-11-10-14(13-24)4-9-19(25)18-7-5-15-12-16(22)6-8-17(15)23-18/h5-8,12,14H,4,9-11,13H2,1-3H3. The number of nitrogens with zero attached hydrogens (tertiary/aromatic N) is 2. The second kappa shape index (κ2) is 7.85. The number of aromatic nitrogens is 1. The van der Waals surface area contributed by atoms with Crippen molar-refractivity contribution >= 4 is 34.4 Å². The molecule has 1 atom stereocenters. The minimum Gasteiger partial charge on any atom is -0.444 e. The predicted octanol–water partition coefficient (Wildman–Crippen LogP) is 5.11. The highest BCUT2D eigenvalue weighted by Crippen LogP contribution is 2.24. The van der Waals surface area contributed by atoms with Crippen molar-refractivity contribution in [1.82, 2.24) is 9.88 Å². The number of halogens is 1. The number of ether oxygens (including phenoxy) is 1. The van der Waals surface area contributed by atoms with Crippen LogP contribution in [0.3, 0.4) is 0 Å². The Balaban J connectivity index is 1.54. The number of Topliss-reactive ketones (excluding diaryl/α,β-unsaturated/α-hetero) is 1. The number of amides is 1. The molecular weight excluding hydrogens is 364 g/mol. The molecule has 1 fully saturated rings. The average molecular weight is 389 g/mol. The van der Waals surface area contributed by atoms with Crippen molar-refractivity contribution < 1.29 is 14.3 Å². The van der Waals surface area contributed by atoms with E-state index in [1.165, 1.54) is 0 Å². The van der Waals surface area contributed by atoms with Crippen LogP contribution < -0.4 is 0 Å². The van der Waals surface area contributed by atoms with E-state index in [1.54, 1.807) is 17.0 Å². The predicted molar refractivity (Wildman–Crippen MR) is 106 cm³/mol. The van der Waals surface area contributed by atoms with Crippen LogP contribution in [0, 0.1) is 5.92 Å². The quantitative estimate of drug-likeness (QED) is 0.683. The lowest BCUT2D eigenvalue weighted by atomic mass is 9.99. The van der Waals surface area contributed by atoms with E-state index in [4.69, 9.17) is 16.3 Å². The van der Waals surface area contributed by atoms with E-state index in [9.17, 15) is 9.59 Å². The fourth-order valence-electron chi connectivity index (χ4n) is 3.28. The number of likely N-dealkylation sites (tertiary alicyclic amines) is 1. The lowest BCUT2D eigenvalue weighted by Gasteiger charge is -2.24. The summed E-state index contributed by atoms with van der Waals surface area (Å²) in [6.07, 6.45) is 1.80. The van der Waals surface area contributed by atoms with E-state index >= 15 is 0 Å². The van der Waals surface area contributed by atoms with Crippen molar-refractivity contribution in [3.05, 3.63) is 41.0 Å². The van der Waals surface area contributed by atoms with E-state index in [2.05, 4.69) is 4.98 Å². The first-order valence-electron chi connectivity index (χ1n) is 9.29. The molecule has 0 saturated carbocycles. The van der Waals surface area contributed by atoms with E-state index in [0.29, 0.717) is 36.1 Å². The Hall–Kier alpha value is -2.14. The summed E-state index contributed by atoms with van der Waals surface area (Å²) in [5, 5.41) is 1.57. The second-order valence-corrected chi connectivity index (χ2v) is 8.51. The van der Waals surface area contributed by atoms with Crippen molar-refractivity contribution in [2.45, 2.75) is 45.6 Å². The number of hydrogen-bond donors (Lipinski definition) is 0. The molecule has 1 unspecified atom stereocenters. The maximum absolute atomic E-state index is 12.5. The van der Waals surface area contributed by atoms with Crippen molar-refractivity contribution in [3.8, 4) is 0 Å². The van der Waals surface area contributed by atoms with Gasteiger partial charge in [-0.05, 0) is 63.8 Å². The Morgan fingerprint density at radius 1 is 1.26 bits per heavy atom. The molecule has 0 N–H and O–H groups in total. The Labute approximate surface area is 164 Å². The lowest BCUT2D eigenvalue weighted by molar-refractivity contribution is 0.0288. The fraction of sp³-hybridized carbons (Fsp3) is 0.476. The molecule has 0 spiro atoms. The zero-order valence-corrected chi connectivity index (χ0v) is 16.8. The highest BCUT2D eigenvalue weighted by molar-refractivity contribution is 6.31. The van der Waals surface area contributed by atoms with Gasteiger partial charge < -0.3 is 9.64 Å². The van der Waals surface area contributed by atoms with Gasteiger partial charge in [-0.25, -0.2) is 9.78 Å². The Bertz CT molecular complexity index is 860. The average Bonchev–Trinajstić information content (AvgIpc) is 3.07. The number of benzene rings is 1. The molecule has 1 aromatic carbocycles. The van der Waals surface area contributed by atoms with E-state index in [-0.39, 0.29) is 11.9 Å². The zero-order valence-electron chi connectivity index (χ0n) is 16.0. The van der Waals surface area contributed by atoms with Gasteiger partial charge in [-0.2, -0.15) is 0 Å². The van der Waals surface area contributed by atoms with Gasteiger partial charge in [-0.3, -0.25) is 4.79 Å². The Kier molecular flexibility index (Phi) is 5.70. The summed E-state index contributed by atoms with van der Waals surface area (Å²) in [5.74, 6) is 0.350. The van der Waals surface area contributed by atoms with Gasteiger partial charge in [-0.15, -0.1) is 0 Å². The van der Waals surface area contributed by atoms with Gasteiger partial charge in [0.1, 0.15) is 11.3 Å². The first-order chi connectivity index (χ1) is 12.7. The van der Waals surface area contributed by atoms with Gasteiger partial charge in [0, 0.05) is 29.9 Å².